The second-order valence-electron chi connectivity index (χ2n) is 7.29. The van der Waals surface area contributed by atoms with E-state index in [0.29, 0.717) is 17.9 Å². The first-order valence-electron chi connectivity index (χ1n) is 9.48. The van der Waals surface area contributed by atoms with Gasteiger partial charge < -0.3 is 4.90 Å². The lowest BCUT2D eigenvalue weighted by Crippen LogP contribution is -2.44. The molecule has 0 spiro atoms. The van der Waals surface area contributed by atoms with Gasteiger partial charge in [0, 0.05) is 31.1 Å². The first-order chi connectivity index (χ1) is 13.7. The summed E-state index contributed by atoms with van der Waals surface area (Å²) >= 11 is 6.05. The van der Waals surface area contributed by atoms with Crippen LogP contribution in [0.15, 0.2) is 53.4 Å². The van der Waals surface area contributed by atoms with Crippen LogP contribution in [-0.4, -0.2) is 43.7 Å². The Morgan fingerprint density at radius 3 is 2.45 bits per heavy atom. The van der Waals surface area contributed by atoms with Crippen LogP contribution in [0.5, 0.6) is 0 Å². The van der Waals surface area contributed by atoms with Gasteiger partial charge in [0.2, 0.25) is 15.9 Å². The minimum atomic E-state index is -3.91. The van der Waals surface area contributed by atoms with Gasteiger partial charge in [-0.05, 0) is 49.6 Å². The Hall–Kier alpha value is -1.96. The summed E-state index contributed by atoms with van der Waals surface area (Å²) in [6.45, 7) is 2.31. The highest BCUT2D eigenvalue weighted by Gasteiger charge is 2.35. The molecule has 3 rings (SSSR count). The van der Waals surface area contributed by atoms with Gasteiger partial charge in [-0.3, -0.25) is 4.79 Å². The molecule has 1 amide bonds. The molecule has 0 saturated carbocycles. The fourth-order valence-corrected chi connectivity index (χ4v) is 5.34. The number of nitrogens with zero attached hydrogens (tertiary/aromatic N) is 2. The van der Waals surface area contributed by atoms with Crippen molar-refractivity contribution in [1.82, 2.24) is 9.21 Å². The first-order valence-corrected chi connectivity index (χ1v) is 11.3. The van der Waals surface area contributed by atoms with Gasteiger partial charge in [-0.25, -0.2) is 12.8 Å². The molecule has 8 heteroatoms. The Kier molecular flexibility index (Phi) is 6.61. The molecule has 29 heavy (non-hydrogen) atoms. The summed E-state index contributed by atoms with van der Waals surface area (Å²) in [5.41, 5.74) is 0.938. The van der Waals surface area contributed by atoms with Crippen molar-refractivity contribution in [1.29, 1.82) is 0 Å². The number of halogens is 2. The number of hydrogen-bond acceptors (Lipinski definition) is 3. The summed E-state index contributed by atoms with van der Waals surface area (Å²) in [7, 11) is -2.16. The van der Waals surface area contributed by atoms with E-state index in [2.05, 4.69) is 0 Å². The smallest absolute Gasteiger partial charge is 0.245 e. The van der Waals surface area contributed by atoms with Crippen LogP contribution in [-0.2, 0) is 14.8 Å². The molecule has 1 heterocycles. The number of sulfonamides is 1. The normalized spacial score (nSPS) is 17.1. The lowest BCUT2D eigenvalue weighted by Gasteiger charge is -2.34. The van der Waals surface area contributed by atoms with Gasteiger partial charge in [-0.15, -0.1) is 0 Å². The second-order valence-corrected chi connectivity index (χ2v) is 9.63. The molecule has 1 saturated heterocycles. The molecule has 0 N–H and O–H groups in total. The van der Waals surface area contributed by atoms with Crippen LogP contribution in [0.4, 0.5) is 4.39 Å². The Balaban J connectivity index is 1.65. The minimum Gasteiger partial charge on any atom is -0.339 e. The third-order valence-electron chi connectivity index (χ3n) is 5.52. The molecule has 0 bridgehead atoms. The molecule has 1 aliphatic heterocycles. The molecule has 0 aromatic heterocycles. The van der Waals surface area contributed by atoms with E-state index in [4.69, 9.17) is 11.6 Å². The van der Waals surface area contributed by atoms with Crippen molar-refractivity contribution in [3.63, 3.8) is 0 Å². The summed E-state index contributed by atoms with van der Waals surface area (Å²) in [5.74, 6) is -1.06. The predicted molar refractivity (Wildman–Crippen MR) is 111 cm³/mol. The van der Waals surface area contributed by atoms with Crippen LogP contribution in [0.2, 0.25) is 5.02 Å². The number of amides is 1. The van der Waals surface area contributed by atoms with Crippen molar-refractivity contribution >= 4 is 27.5 Å². The Morgan fingerprint density at radius 2 is 1.83 bits per heavy atom. The molecule has 2 aromatic rings. The maximum Gasteiger partial charge on any atom is 0.245 e. The zero-order chi connectivity index (χ0) is 21.2. The molecule has 1 atom stereocenters. The SMILES string of the molecule is CC(c1cccc(Cl)c1)N(C)C(=O)C1CCN(S(=O)(=O)c2ccccc2F)CC1. The molecular formula is C21H24ClFN2O3S. The third kappa shape index (κ3) is 4.63. The van der Waals surface area contributed by atoms with Crippen molar-refractivity contribution in [3.8, 4) is 0 Å². The van der Waals surface area contributed by atoms with E-state index in [1.165, 1.54) is 22.5 Å². The fourth-order valence-electron chi connectivity index (χ4n) is 3.61. The average Bonchev–Trinajstić information content (AvgIpc) is 2.72. The number of piperidine rings is 1. The van der Waals surface area contributed by atoms with Gasteiger partial charge in [0.15, 0.2) is 0 Å². The van der Waals surface area contributed by atoms with Gasteiger partial charge in [-0.2, -0.15) is 4.31 Å². The van der Waals surface area contributed by atoms with E-state index in [-0.39, 0.29) is 35.9 Å². The van der Waals surface area contributed by atoms with E-state index in [1.54, 1.807) is 18.0 Å². The Labute approximate surface area is 176 Å². The fraction of sp³-hybridized carbons (Fsp3) is 0.381. The molecule has 1 aliphatic rings. The number of carbonyl (C=O) groups excluding carboxylic acids is 1. The maximum absolute atomic E-state index is 14.0. The Morgan fingerprint density at radius 1 is 1.17 bits per heavy atom. The summed E-state index contributed by atoms with van der Waals surface area (Å²) in [4.78, 5) is 14.3. The molecule has 1 fully saturated rings. The van der Waals surface area contributed by atoms with Crippen LogP contribution in [0.3, 0.4) is 0 Å². The van der Waals surface area contributed by atoms with E-state index in [9.17, 15) is 17.6 Å². The van der Waals surface area contributed by atoms with Gasteiger partial charge >= 0.3 is 0 Å². The zero-order valence-electron chi connectivity index (χ0n) is 16.4. The highest BCUT2D eigenvalue weighted by molar-refractivity contribution is 7.89. The van der Waals surface area contributed by atoms with Crippen molar-refractivity contribution in [3.05, 3.63) is 64.9 Å². The van der Waals surface area contributed by atoms with Crippen LogP contribution in [0, 0.1) is 11.7 Å². The summed E-state index contributed by atoms with van der Waals surface area (Å²) in [6.07, 6.45) is 0.804. The maximum atomic E-state index is 14.0. The predicted octanol–water partition coefficient (Wildman–Crippen LogP) is 4.10. The van der Waals surface area contributed by atoms with Crippen molar-refractivity contribution in [2.75, 3.05) is 20.1 Å². The summed E-state index contributed by atoms with van der Waals surface area (Å²) < 4.78 is 40.7. The largest absolute Gasteiger partial charge is 0.339 e. The number of carbonyl (C=O) groups is 1. The molecule has 0 aliphatic carbocycles. The van der Waals surface area contributed by atoms with Gasteiger partial charge in [0.1, 0.15) is 10.7 Å². The summed E-state index contributed by atoms with van der Waals surface area (Å²) in [6, 6.07) is 12.6. The van der Waals surface area contributed by atoms with Crippen LogP contribution in [0.25, 0.3) is 0 Å². The number of rotatable bonds is 5. The van der Waals surface area contributed by atoms with E-state index in [0.717, 1.165) is 11.6 Å². The first kappa shape index (κ1) is 21.7. The molecule has 5 nitrogen and oxygen atoms in total. The highest BCUT2D eigenvalue weighted by Crippen LogP contribution is 2.29. The quantitative estimate of drug-likeness (QED) is 0.706. The van der Waals surface area contributed by atoms with E-state index >= 15 is 0 Å². The monoisotopic (exact) mass is 438 g/mol. The van der Waals surface area contributed by atoms with Gasteiger partial charge in [0.25, 0.3) is 0 Å². The lowest BCUT2D eigenvalue weighted by atomic mass is 9.95. The molecular weight excluding hydrogens is 415 g/mol. The topological polar surface area (TPSA) is 57.7 Å². The van der Waals surface area contributed by atoms with Crippen LogP contribution < -0.4 is 0 Å². The number of benzene rings is 2. The molecule has 2 aromatic carbocycles. The van der Waals surface area contributed by atoms with E-state index < -0.39 is 15.8 Å². The second kappa shape index (κ2) is 8.81. The van der Waals surface area contributed by atoms with E-state index in [1.807, 2.05) is 25.1 Å². The minimum absolute atomic E-state index is 0.0274. The van der Waals surface area contributed by atoms with Crippen molar-refractivity contribution in [2.45, 2.75) is 30.7 Å². The highest BCUT2D eigenvalue weighted by atomic mass is 35.5. The number of hydrogen-bond donors (Lipinski definition) is 0. The van der Waals surface area contributed by atoms with Crippen LogP contribution in [0.1, 0.15) is 31.4 Å². The molecule has 156 valence electrons. The standard InChI is InChI=1S/C21H24ClFN2O3S/c1-15(17-6-5-7-18(22)14-17)24(2)21(26)16-10-12-25(13-11-16)29(27,28)20-9-4-3-8-19(20)23/h3-9,14-16H,10-13H2,1-2H3. The average molecular weight is 439 g/mol. The third-order valence-corrected chi connectivity index (χ3v) is 7.68. The van der Waals surface area contributed by atoms with Crippen molar-refractivity contribution < 1.29 is 17.6 Å². The van der Waals surface area contributed by atoms with Gasteiger partial charge in [0.05, 0.1) is 6.04 Å². The van der Waals surface area contributed by atoms with Crippen molar-refractivity contribution in [2.24, 2.45) is 5.92 Å². The lowest BCUT2D eigenvalue weighted by molar-refractivity contribution is -0.137. The van der Waals surface area contributed by atoms with Gasteiger partial charge in [-0.1, -0.05) is 35.9 Å². The van der Waals surface area contributed by atoms with Crippen LogP contribution >= 0.6 is 11.6 Å². The molecule has 0 radical (unpaired) electrons. The summed E-state index contributed by atoms with van der Waals surface area (Å²) in [5, 5.41) is 0.613. The zero-order valence-corrected chi connectivity index (χ0v) is 18.0. The Bertz CT molecular complexity index is 991. The molecule has 1 unspecified atom stereocenters.